The van der Waals surface area contributed by atoms with Crippen molar-refractivity contribution in [1.82, 2.24) is 20.3 Å². The van der Waals surface area contributed by atoms with Gasteiger partial charge >= 0.3 is 0 Å². The van der Waals surface area contributed by atoms with E-state index in [1.54, 1.807) is 11.9 Å². The predicted molar refractivity (Wildman–Crippen MR) is 149 cm³/mol. The molecular formula is C31H36F2N4O4. The maximum Gasteiger partial charge on any atom is 0.273 e. The highest BCUT2D eigenvalue weighted by Crippen LogP contribution is 2.29. The van der Waals surface area contributed by atoms with Crippen LogP contribution in [-0.2, 0) is 11.2 Å². The zero-order valence-corrected chi connectivity index (χ0v) is 23.1. The molecule has 0 bridgehead atoms. The lowest BCUT2D eigenvalue weighted by atomic mass is 9.85. The molecule has 8 nitrogen and oxygen atoms in total. The van der Waals surface area contributed by atoms with Crippen molar-refractivity contribution in [2.45, 2.75) is 56.7 Å². The summed E-state index contributed by atoms with van der Waals surface area (Å²) >= 11 is 0. The lowest BCUT2D eigenvalue weighted by Gasteiger charge is -2.45. The first-order chi connectivity index (χ1) is 19.8. The average Bonchev–Trinajstić information content (AvgIpc) is 3.47. The van der Waals surface area contributed by atoms with Crippen molar-refractivity contribution in [3.8, 4) is 11.3 Å². The number of aliphatic hydroxyl groups is 1. The van der Waals surface area contributed by atoms with Gasteiger partial charge in [-0.3, -0.25) is 14.5 Å². The van der Waals surface area contributed by atoms with Gasteiger partial charge in [-0.1, -0.05) is 48.3 Å². The number of rotatable bonds is 8. The maximum atomic E-state index is 14.2. The summed E-state index contributed by atoms with van der Waals surface area (Å²) in [6, 6.07) is 13.8. The lowest BCUT2D eigenvalue weighted by Crippen LogP contribution is -2.59. The molecule has 0 spiro atoms. The van der Waals surface area contributed by atoms with Crippen molar-refractivity contribution < 1.29 is 28.0 Å². The van der Waals surface area contributed by atoms with Crippen molar-refractivity contribution in [3.63, 3.8) is 0 Å². The third-order valence-electron chi connectivity index (χ3n) is 8.34. The second-order valence-electron chi connectivity index (χ2n) is 11.1. The minimum Gasteiger partial charge on any atom is -0.391 e. The number of likely N-dealkylation sites (tertiary alicyclic amines) is 1. The second kappa shape index (κ2) is 12.9. The molecule has 2 aromatic carbocycles. The van der Waals surface area contributed by atoms with Crippen LogP contribution in [0.4, 0.5) is 8.78 Å². The van der Waals surface area contributed by atoms with Crippen LogP contribution in [-0.4, -0.2) is 76.7 Å². The SMILES string of the molecule is CN(CCc1ccccc1)C(=O)[C@H]1CN([C@H]2CCCC[C@@H]2O)CC[C@@H]1NC(=O)c1cc(-c2ccc(F)cc2F)on1. The standard InChI is InChI=1S/C31H36F2N4O4/c1-36(15-13-20-7-3-2-4-8-20)31(40)23-19-37(27-9-5-6-10-28(27)38)16-14-25(23)34-30(39)26-18-29(41-35-26)22-12-11-21(32)17-24(22)33/h2-4,7-8,11-12,17-18,23,25,27-28,38H,5-6,9-10,13-16,19H2,1H3,(H,34,39)/t23-,25-,27-,28-/m0/s1. The summed E-state index contributed by atoms with van der Waals surface area (Å²) in [6.45, 7) is 1.59. The summed E-state index contributed by atoms with van der Waals surface area (Å²) in [5.74, 6) is -2.68. The Morgan fingerprint density at radius 1 is 1.10 bits per heavy atom. The Balaban J connectivity index is 1.30. The highest BCUT2D eigenvalue weighted by molar-refractivity contribution is 5.94. The number of hydrogen-bond acceptors (Lipinski definition) is 6. The second-order valence-corrected chi connectivity index (χ2v) is 11.1. The third-order valence-corrected chi connectivity index (χ3v) is 8.34. The zero-order valence-electron chi connectivity index (χ0n) is 23.1. The molecule has 5 rings (SSSR count). The minimum atomic E-state index is -0.824. The van der Waals surface area contributed by atoms with Crippen molar-refractivity contribution in [1.29, 1.82) is 0 Å². The van der Waals surface area contributed by atoms with Crippen LogP contribution in [0.1, 0.15) is 48.2 Å². The largest absolute Gasteiger partial charge is 0.391 e. The average molecular weight is 567 g/mol. The summed E-state index contributed by atoms with van der Waals surface area (Å²) in [4.78, 5) is 30.9. The fourth-order valence-electron chi connectivity index (χ4n) is 5.99. The maximum absolute atomic E-state index is 14.2. The monoisotopic (exact) mass is 566 g/mol. The Morgan fingerprint density at radius 3 is 2.63 bits per heavy atom. The smallest absolute Gasteiger partial charge is 0.273 e. The van der Waals surface area contributed by atoms with E-state index in [4.69, 9.17) is 4.52 Å². The van der Waals surface area contributed by atoms with Crippen molar-refractivity contribution in [2.24, 2.45) is 5.92 Å². The summed E-state index contributed by atoms with van der Waals surface area (Å²) in [5.41, 5.74) is 1.06. The number of likely N-dealkylation sites (N-methyl/N-ethyl adjacent to an activating group) is 1. The summed E-state index contributed by atoms with van der Waals surface area (Å²) in [7, 11) is 1.78. The van der Waals surface area contributed by atoms with Crippen LogP contribution in [0.3, 0.4) is 0 Å². The number of halogens is 2. The normalized spacial score (nSPS) is 23.2. The summed E-state index contributed by atoms with van der Waals surface area (Å²) < 4.78 is 32.7. The molecule has 1 aliphatic carbocycles. The fraction of sp³-hybridized carbons (Fsp3) is 0.452. The molecule has 0 unspecified atom stereocenters. The van der Waals surface area contributed by atoms with Gasteiger partial charge < -0.3 is 19.8 Å². The van der Waals surface area contributed by atoms with E-state index < -0.39 is 35.6 Å². The van der Waals surface area contributed by atoms with Crippen LogP contribution < -0.4 is 5.32 Å². The van der Waals surface area contributed by atoms with Crippen LogP contribution in [0, 0.1) is 17.6 Å². The van der Waals surface area contributed by atoms with Crippen molar-refractivity contribution in [3.05, 3.63) is 77.5 Å². The van der Waals surface area contributed by atoms with Crippen LogP contribution in [0.2, 0.25) is 0 Å². The number of piperidine rings is 1. The highest BCUT2D eigenvalue weighted by Gasteiger charge is 2.41. The molecule has 2 fully saturated rings. The molecule has 4 atom stereocenters. The zero-order chi connectivity index (χ0) is 28.9. The van der Waals surface area contributed by atoms with Gasteiger partial charge in [0.25, 0.3) is 5.91 Å². The first-order valence-electron chi connectivity index (χ1n) is 14.2. The predicted octanol–water partition coefficient (Wildman–Crippen LogP) is 4.04. The molecule has 41 heavy (non-hydrogen) atoms. The van der Waals surface area contributed by atoms with Gasteiger partial charge in [0.1, 0.15) is 11.6 Å². The van der Waals surface area contributed by atoms with E-state index in [9.17, 15) is 23.5 Å². The molecule has 0 radical (unpaired) electrons. The number of aliphatic hydroxyl groups excluding tert-OH is 1. The summed E-state index contributed by atoms with van der Waals surface area (Å²) in [6.07, 6.45) is 4.47. The van der Waals surface area contributed by atoms with Crippen LogP contribution >= 0.6 is 0 Å². The number of carbonyl (C=O) groups excluding carboxylic acids is 2. The Morgan fingerprint density at radius 2 is 1.88 bits per heavy atom. The van der Waals surface area contributed by atoms with E-state index >= 15 is 0 Å². The van der Waals surface area contributed by atoms with Gasteiger partial charge in [-0.2, -0.15) is 0 Å². The molecule has 2 aliphatic rings. The number of amides is 2. The topological polar surface area (TPSA) is 98.9 Å². The number of carbonyl (C=O) groups is 2. The van der Waals surface area contributed by atoms with Crippen molar-refractivity contribution >= 4 is 11.8 Å². The van der Waals surface area contributed by atoms with E-state index in [1.165, 1.54) is 12.1 Å². The van der Waals surface area contributed by atoms with E-state index in [-0.39, 0.29) is 29.0 Å². The van der Waals surface area contributed by atoms with Crippen LogP contribution in [0.5, 0.6) is 0 Å². The molecule has 2 amide bonds. The number of hydrogen-bond donors (Lipinski definition) is 2. The first kappa shape index (κ1) is 28.9. The molecule has 218 valence electrons. The Hall–Kier alpha value is -3.63. The van der Waals surface area contributed by atoms with E-state index in [0.29, 0.717) is 32.5 Å². The van der Waals surface area contributed by atoms with E-state index in [1.807, 2.05) is 30.3 Å². The molecule has 2 N–H and O–H groups in total. The number of nitrogens with zero attached hydrogens (tertiary/aromatic N) is 3. The van der Waals surface area contributed by atoms with Gasteiger partial charge in [0.05, 0.1) is 17.6 Å². The molecule has 1 saturated heterocycles. The first-order valence-corrected chi connectivity index (χ1v) is 14.2. The Labute approximate surface area is 238 Å². The van der Waals surface area contributed by atoms with E-state index in [0.717, 1.165) is 43.4 Å². The molecule has 10 heteroatoms. The molecule has 1 aliphatic heterocycles. The number of aromatic nitrogens is 1. The van der Waals surface area contributed by atoms with E-state index in [2.05, 4.69) is 15.4 Å². The summed E-state index contributed by atoms with van der Waals surface area (Å²) in [5, 5.41) is 17.5. The highest BCUT2D eigenvalue weighted by atomic mass is 19.1. The van der Waals surface area contributed by atoms with Gasteiger partial charge in [0.2, 0.25) is 5.91 Å². The molecule has 3 aromatic rings. The van der Waals surface area contributed by atoms with Gasteiger partial charge in [-0.15, -0.1) is 0 Å². The van der Waals surface area contributed by atoms with Gasteiger partial charge in [0, 0.05) is 50.9 Å². The molecule has 1 saturated carbocycles. The number of nitrogens with one attached hydrogen (secondary N) is 1. The van der Waals surface area contributed by atoms with Crippen LogP contribution in [0.25, 0.3) is 11.3 Å². The van der Waals surface area contributed by atoms with Gasteiger partial charge in [-0.05, 0) is 43.4 Å². The molecule has 1 aromatic heterocycles. The van der Waals surface area contributed by atoms with Crippen LogP contribution in [0.15, 0.2) is 59.1 Å². The minimum absolute atomic E-state index is 0.00188. The van der Waals surface area contributed by atoms with Crippen molar-refractivity contribution in [2.75, 3.05) is 26.7 Å². The lowest BCUT2D eigenvalue weighted by molar-refractivity contribution is -0.138. The number of benzene rings is 2. The quantitative estimate of drug-likeness (QED) is 0.427. The molecule has 2 heterocycles. The fourth-order valence-corrected chi connectivity index (χ4v) is 5.99. The molecular weight excluding hydrogens is 530 g/mol. The Bertz CT molecular complexity index is 1350. The van der Waals surface area contributed by atoms with Gasteiger partial charge in [0.15, 0.2) is 11.5 Å². The third kappa shape index (κ3) is 6.82. The Kier molecular flexibility index (Phi) is 9.09. The van der Waals surface area contributed by atoms with Gasteiger partial charge in [-0.25, -0.2) is 8.78 Å².